The van der Waals surface area contributed by atoms with Crippen LogP contribution in [0.4, 0.5) is 0 Å². The fourth-order valence-corrected chi connectivity index (χ4v) is 1.98. The molecule has 22 heavy (non-hydrogen) atoms. The van der Waals surface area contributed by atoms with Crippen molar-refractivity contribution in [3.63, 3.8) is 0 Å². The highest BCUT2D eigenvalue weighted by atomic mass is 16.5. The summed E-state index contributed by atoms with van der Waals surface area (Å²) in [4.78, 5) is 22.3. The van der Waals surface area contributed by atoms with Gasteiger partial charge in [-0.2, -0.15) is 0 Å². The smallest absolute Gasteiger partial charge is 0.308 e. The molecule has 0 saturated carbocycles. The monoisotopic (exact) mass is 294 g/mol. The summed E-state index contributed by atoms with van der Waals surface area (Å²) in [6.07, 6.45) is 5.41. The molecule has 4 nitrogen and oxygen atoms in total. The number of esters is 2. The largest absolute Gasteiger partial charge is 0.427 e. The SMILES string of the molecule is C#Cc1cccc(-c2cc(OC(C)=O)ccc2OC(C)=O)c1. The van der Waals surface area contributed by atoms with Crippen molar-refractivity contribution in [3.05, 3.63) is 48.0 Å². The first kappa shape index (κ1) is 15.3. The van der Waals surface area contributed by atoms with Crippen LogP contribution in [-0.4, -0.2) is 11.9 Å². The molecular weight excluding hydrogens is 280 g/mol. The Hall–Kier alpha value is -3.06. The van der Waals surface area contributed by atoms with Crippen molar-refractivity contribution in [3.8, 4) is 35.0 Å². The molecule has 4 heteroatoms. The third-order valence-electron chi connectivity index (χ3n) is 2.81. The van der Waals surface area contributed by atoms with Gasteiger partial charge in [0, 0.05) is 25.0 Å². The van der Waals surface area contributed by atoms with E-state index < -0.39 is 11.9 Å². The number of rotatable bonds is 3. The number of carbonyl (C=O) groups excluding carboxylic acids is 2. The molecule has 0 amide bonds. The fraction of sp³-hybridized carbons (Fsp3) is 0.111. The van der Waals surface area contributed by atoms with Crippen LogP contribution in [0.5, 0.6) is 11.5 Å². The van der Waals surface area contributed by atoms with Crippen LogP contribution in [0, 0.1) is 12.3 Å². The van der Waals surface area contributed by atoms with E-state index in [1.165, 1.54) is 13.8 Å². The molecule has 0 saturated heterocycles. The molecule has 0 bridgehead atoms. The lowest BCUT2D eigenvalue weighted by molar-refractivity contribution is -0.133. The van der Waals surface area contributed by atoms with Gasteiger partial charge < -0.3 is 9.47 Å². The summed E-state index contributed by atoms with van der Waals surface area (Å²) in [5.41, 5.74) is 2.08. The first-order valence-corrected chi connectivity index (χ1v) is 6.57. The average Bonchev–Trinajstić information content (AvgIpc) is 2.48. The van der Waals surface area contributed by atoms with Gasteiger partial charge in [0.1, 0.15) is 11.5 Å². The second kappa shape index (κ2) is 6.59. The topological polar surface area (TPSA) is 52.6 Å². The van der Waals surface area contributed by atoms with E-state index in [0.717, 1.165) is 5.56 Å². The van der Waals surface area contributed by atoms with E-state index in [2.05, 4.69) is 5.92 Å². The van der Waals surface area contributed by atoms with Gasteiger partial charge in [0.15, 0.2) is 0 Å². The zero-order valence-corrected chi connectivity index (χ0v) is 12.3. The van der Waals surface area contributed by atoms with Crippen LogP contribution < -0.4 is 9.47 Å². The maximum atomic E-state index is 11.2. The first-order chi connectivity index (χ1) is 10.5. The molecular formula is C18H14O4. The minimum Gasteiger partial charge on any atom is -0.427 e. The van der Waals surface area contributed by atoms with E-state index >= 15 is 0 Å². The third-order valence-corrected chi connectivity index (χ3v) is 2.81. The highest BCUT2D eigenvalue weighted by Crippen LogP contribution is 2.34. The summed E-state index contributed by atoms with van der Waals surface area (Å²) in [6, 6.07) is 12.0. The van der Waals surface area contributed by atoms with Crippen molar-refractivity contribution >= 4 is 11.9 Å². The molecule has 0 unspecified atom stereocenters. The lowest BCUT2D eigenvalue weighted by Crippen LogP contribution is -2.04. The van der Waals surface area contributed by atoms with Crippen molar-refractivity contribution in [1.82, 2.24) is 0 Å². The molecule has 0 aliphatic heterocycles. The molecule has 110 valence electrons. The molecule has 2 rings (SSSR count). The Labute approximate surface area is 128 Å². The summed E-state index contributed by atoms with van der Waals surface area (Å²) in [5, 5.41) is 0. The zero-order chi connectivity index (χ0) is 16.1. The summed E-state index contributed by atoms with van der Waals surface area (Å²) in [7, 11) is 0. The molecule has 0 spiro atoms. The lowest BCUT2D eigenvalue weighted by Gasteiger charge is -2.11. The van der Waals surface area contributed by atoms with Crippen molar-refractivity contribution < 1.29 is 19.1 Å². The molecule has 0 fully saturated rings. The molecule has 0 aromatic heterocycles. The van der Waals surface area contributed by atoms with Crippen LogP contribution in [0.3, 0.4) is 0 Å². The van der Waals surface area contributed by atoms with Gasteiger partial charge >= 0.3 is 11.9 Å². The predicted molar refractivity (Wildman–Crippen MR) is 82.4 cm³/mol. The number of terminal acetylenes is 1. The summed E-state index contributed by atoms with van der Waals surface area (Å²) >= 11 is 0. The number of ether oxygens (including phenoxy) is 2. The number of hydrogen-bond donors (Lipinski definition) is 0. The second-order valence-corrected chi connectivity index (χ2v) is 4.57. The molecule has 2 aromatic carbocycles. The Balaban J connectivity index is 2.55. The minimum atomic E-state index is -0.436. The molecule has 2 aromatic rings. The molecule has 0 aliphatic carbocycles. The Bertz CT molecular complexity index is 769. The Morgan fingerprint density at radius 2 is 1.73 bits per heavy atom. The van der Waals surface area contributed by atoms with E-state index in [-0.39, 0.29) is 0 Å². The lowest BCUT2D eigenvalue weighted by atomic mass is 10.0. The van der Waals surface area contributed by atoms with E-state index in [4.69, 9.17) is 15.9 Å². The van der Waals surface area contributed by atoms with Crippen LogP contribution >= 0.6 is 0 Å². The van der Waals surface area contributed by atoms with Gasteiger partial charge in [-0.25, -0.2) is 0 Å². The van der Waals surface area contributed by atoms with E-state index in [9.17, 15) is 9.59 Å². The van der Waals surface area contributed by atoms with Gasteiger partial charge in [-0.05, 0) is 35.9 Å². The quantitative estimate of drug-likeness (QED) is 0.495. The molecule has 0 heterocycles. The van der Waals surface area contributed by atoms with E-state index in [0.29, 0.717) is 22.6 Å². The highest BCUT2D eigenvalue weighted by Gasteiger charge is 2.12. The molecule has 0 N–H and O–H groups in total. The maximum absolute atomic E-state index is 11.2. The first-order valence-electron chi connectivity index (χ1n) is 6.57. The van der Waals surface area contributed by atoms with Crippen LogP contribution in [0.25, 0.3) is 11.1 Å². The van der Waals surface area contributed by atoms with Gasteiger partial charge in [0.2, 0.25) is 0 Å². The molecule has 0 atom stereocenters. The molecule has 0 radical (unpaired) electrons. The Morgan fingerprint density at radius 1 is 1.00 bits per heavy atom. The number of hydrogen-bond acceptors (Lipinski definition) is 4. The van der Waals surface area contributed by atoms with E-state index in [1.54, 1.807) is 36.4 Å². The Kier molecular flexibility index (Phi) is 4.60. The van der Waals surface area contributed by atoms with Crippen LogP contribution in [0.15, 0.2) is 42.5 Å². The van der Waals surface area contributed by atoms with Crippen LogP contribution in [0.1, 0.15) is 19.4 Å². The third kappa shape index (κ3) is 3.74. The summed E-state index contributed by atoms with van der Waals surface area (Å²) in [5.74, 6) is 2.43. The Morgan fingerprint density at radius 3 is 2.36 bits per heavy atom. The van der Waals surface area contributed by atoms with E-state index in [1.807, 2.05) is 6.07 Å². The van der Waals surface area contributed by atoms with Gasteiger partial charge in [-0.3, -0.25) is 9.59 Å². The van der Waals surface area contributed by atoms with Crippen molar-refractivity contribution in [1.29, 1.82) is 0 Å². The van der Waals surface area contributed by atoms with Gasteiger partial charge in [0.25, 0.3) is 0 Å². The van der Waals surface area contributed by atoms with Crippen LogP contribution in [-0.2, 0) is 9.59 Å². The van der Waals surface area contributed by atoms with Crippen LogP contribution in [0.2, 0.25) is 0 Å². The highest BCUT2D eigenvalue weighted by molar-refractivity contribution is 5.79. The number of benzene rings is 2. The van der Waals surface area contributed by atoms with Gasteiger partial charge in [0.05, 0.1) is 0 Å². The normalized spacial score (nSPS) is 9.68. The minimum absolute atomic E-state index is 0.365. The second-order valence-electron chi connectivity index (χ2n) is 4.57. The zero-order valence-electron chi connectivity index (χ0n) is 12.3. The maximum Gasteiger partial charge on any atom is 0.308 e. The van der Waals surface area contributed by atoms with Crippen molar-refractivity contribution in [2.45, 2.75) is 13.8 Å². The summed E-state index contributed by atoms with van der Waals surface area (Å²) in [6.45, 7) is 2.64. The van der Waals surface area contributed by atoms with Gasteiger partial charge in [-0.1, -0.05) is 18.1 Å². The average molecular weight is 294 g/mol. The summed E-state index contributed by atoms with van der Waals surface area (Å²) < 4.78 is 10.3. The van der Waals surface area contributed by atoms with Crippen molar-refractivity contribution in [2.24, 2.45) is 0 Å². The molecule has 0 aliphatic rings. The number of carbonyl (C=O) groups is 2. The van der Waals surface area contributed by atoms with Gasteiger partial charge in [-0.15, -0.1) is 6.42 Å². The standard InChI is InChI=1S/C18H14O4/c1-4-14-6-5-7-15(10-14)17-11-16(21-12(2)19)8-9-18(17)22-13(3)20/h1,5-11H,2-3H3. The van der Waals surface area contributed by atoms with Crippen molar-refractivity contribution in [2.75, 3.05) is 0 Å². The fourth-order valence-electron chi connectivity index (χ4n) is 1.98. The predicted octanol–water partition coefficient (Wildman–Crippen LogP) is 3.19.